The van der Waals surface area contributed by atoms with Gasteiger partial charge in [-0.2, -0.15) is 19.6 Å². The Kier molecular flexibility index (Phi) is 6.60. The number of hydrogen-bond acceptors (Lipinski definition) is 8. The number of amides is 1. The SMILES string of the molecule is CN1CCCN(c2nc(NCCc3cccc(F)c3)n3ncc(/C=C4\CC(O)NC4=O)c3n2)CC1. The third kappa shape index (κ3) is 5.25. The molecule has 10 nitrogen and oxygen atoms in total. The summed E-state index contributed by atoms with van der Waals surface area (Å²) in [6.45, 7) is 4.09. The van der Waals surface area contributed by atoms with Crippen molar-refractivity contribution in [2.45, 2.75) is 25.5 Å². The number of likely N-dealkylation sites (N-methyl/N-ethyl adjacent to an activating group) is 1. The van der Waals surface area contributed by atoms with Crippen molar-refractivity contribution in [1.29, 1.82) is 0 Å². The van der Waals surface area contributed by atoms with E-state index in [0.29, 0.717) is 41.6 Å². The van der Waals surface area contributed by atoms with E-state index in [9.17, 15) is 14.3 Å². The Labute approximate surface area is 202 Å². The first kappa shape index (κ1) is 23.2. The standard InChI is InChI=1S/C24H29FN8O2/c1-31-8-3-9-32(11-10-31)24-29-21-18(13-17-14-20(34)28-22(17)35)15-27-33(21)23(30-24)26-7-6-16-4-2-5-19(25)12-16/h2,4-5,12-13,15,20,34H,3,6-11,14H2,1H3,(H,28,35)(H,26,29,30)/b17-13+. The molecule has 2 fully saturated rings. The Morgan fingerprint density at radius 3 is 2.94 bits per heavy atom. The summed E-state index contributed by atoms with van der Waals surface area (Å²) in [5, 5.41) is 20.1. The second kappa shape index (κ2) is 9.96. The predicted molar refractivity (Wildman–Crippen MR) is 130 cm³/mol. The van der Waals surface area contributed by atoms with E-state index in [0.717, 1.165) is 38.2 Å². The van der Waals surface area contributed by atoms with Gasteiger partial charge in [-0.1, -0.05) is 12.1 Å². The number of aliphatic hydroxyl groups excluding tert-OH is 1. The molecule has 5 rings (SSSR count). The first-order valence-corrected chi connectivity index (χ1v) is 11.8. The number of rotatable bonds is 6. The molecule has 1 unspecified atom stereocenters. The number of hydrogen-bond donors (Lipinski definition) is 3. The lowest BCUT2D eigenvalue weighted by molar-refractivity contribution is -0.117. The van der Waals surface area contributed by atoms with E-state index in [1.807, 2.05) is 6.07 Å². The van der Waals surface area contributed by atoms with Crippen molar-refractivity contribution in [3.63, 3.8) is 0 Å². The van der Waals surface area contributed by atoms with Crippen molar-refractivity contribution >= 4 is 29.5 Å². The molecule has 0 bridgehead atoms. The van der Waals surface area contributed by atoms with Gasteiger partial charge in [0.05, 0.1) is 6.20 Å². The first-order chi connectivity index (χ1) is 17.0. The molecule has 3 aromatic rings. The molecule has 11 heteroatoms. The zero-order valence-electron chi connectivity index (χ0n) is 19.6. The number of aliphatic hydroxyl groups is 1. The molecular formula is C24H29FN8O2. The van der Waals surface area contributed by atoms with Gasteiger partial charge in [-0.3, -0.25) is 4.79 Å². The third-order valence-corrected chi connectivity index (χ3v) is 6.30. The average molecular weight is 481 g/mol. The van der Waals surface area contributed by atoms with Gasteiger partial charge in [0.25, 0.3) is 0 Å². The van der Waals surface area contributed by atoms with E-state index >= 15 is 0 Å². The van der Waals surface area contributed by atoms with Crippen LogP contribution < -0.4 is 15.5 Å². The molecule has 1 aromatic carbocycles. The van der Waals surface area contributed by atoms with E-state index < -0.39 is 6.23 Å². The molecule has 0 spiro atoms. The van der Waals surface area contributed by atoms with Crippen LogP contribution in [-0.4, -0.2) is 81.5 Å². The van der Waals surface area contributed by atoms with Crippen LogP contribution in [0.2, 0.25) is 0 Å². The van der Waals surface area contributed by atoms with Crippen LogP contribution in [0.5, 0.6) is 0 Å². The van der Waals surface area contributed by atoms with Gasteiger partial charge >= 0.3 is 0 Å². The van der Waals surface area contributed by atoms with Gasteiger partial charge in [-0.15, -0.1) is 0 Å². The fourth-order valence-corrected chi connectivity index (χ4v) is 4.41. The van der Waals surface area contributed by atoms with E-state index in [1.165, 1.54) is 12.1 Å². The van der Waals surface area contributed by atoms with Gasteiger partial charge in [0, 0.05) is 43.7 Å². The van der Waals surface area contributed by atoms with Crippen LogP contribution in [0.3, 0.4) is 0 Å². The lowest BCUT2D eigenvalue weighted by Crippen LogP contribution is -2.30. The second-order valence-electron chi connectivity index (χ2n) is 9.00. The van der Waals surface area contributed by atoms with E-state index in [2.05, 4.69) is 32.6 Å². The Morgan fingerprint density at radius 1 is 1.26 bits per heavy atom. The maximum Gasteiger partial charge on any atom is 0.249 e. The summed E-state index contributed by atoms with van der Waals surface area (Å²) in [4.78, 5) is 26.2. The lowest BCUT2D eigenvalue weighted by atomic mass is 10.1. The van der Waals surface area contributed by atoms with Crippen LogP contribution in [0.25, 0.3) is 11.7 Å². The van der Waals surface area contributed by atoms with Gasteiger partial charge in [0.2, 0.25) is 17.8 Å². The predicted octanol–water partition coefficient (Wildman–Crippen LogP) is 1.28. The number of anilines is 2. The van der Waals surface area contributed by atoms with Crippen LogP contribution >= 0.6 is 0 Å². The highest BCUT2D eigenvalue weighted by atomic mass is 19.1. The fraction of sp³-hybridized carbons (Fsp3) is 0.417. The van der Waals surface area contributed by atoms with Crippen LogP contribution in [0.4, 0.5) is 16.3 Å². The molecular weight excluding hydrogens is 451 g/mol. The van der Waals surface area contributed by atoms with Gasteiger partial charge in [0.15, 0.2) is 5.65 Å². The van der Waals surface area contributed by atoms with Gasteiger partial charge in [-0.25, -0.2) is 4.39 Å². The molecule has 1 atom stereocenters. The molecule has 2 aromatic heterocycles. The normalized spacial score (nSPS) is 20.4. The minimum atomic E-state index is -0.880. The summed E-state index contributed by atoms with van der Waals surface area (Å²) in [5.74, 6) is 0.568. The molecule has 3 N–H and O–H groups in total. The molecule has 0 aliphatic carbocycles. The van der Waals surface area contributed by atoms with Crippen molar-refractivity contribution in [2.75, 3.05) is 50.0 Å². The van der Waals surface area contributed by atoms with E-state index in [-0.39, 0.29) is 18.1 Å². The molecule has 2 aliphatic heterocycles. The largest absolute Gasteiger partial charge is 0.373 e. The van der Waals surface area contributed by atoms with E-state index in [1.54, 1.807) is 22.9 Å². The van der Waals surface area contributed by atoms with Gasteiger partial charge in [0.1, 0.15) is 12.0 Å². The quantitative estimate of drug-likeness (QED) is 0.453. The second-order valence-corrected chi connectivity index (χ2v) is 9.00. The Bertz CT molecular complexity index is 1260. The number of halogens is 1. The number of fused-ring (bicyclic) bond motifs is 1. The highest BCUT2D eigenvalue weighted by Gasteiger charge is 2.25. The molecule has 2 aliphatic rings. The number of carbonyl (C=O) groups is 1. The van der Waals surface area contributed by atoms with Gasteiger partial charge in [-0.05, 0) is 50.2 Å². The smallest absolute Gasteiger partial charge is 0.249 e. The van der Waals surface area contributed by atoms with Crippen LogP contribution in [0.1, 0.15) is 24.0 Å². The zero-order chi connectivity index (χ0) is 24.4. The highest BCUT2D eigenvalue weighted by Crippen LogP contribution is 2.23. The Balaban J connectivity index is 1.47. The lowest BCUT2D eigenvalue weighted by Gasteiger charge is -2.21. The van der Waals surface area contributed by atoms with Crippen molar-refractivity contribution in [1.82, 2.24) is 29.8 Å². The van der Waals surface area contributed by atoms with Crippen molar-refractivity contribution in [3.8, 4) is 0 Å². The molecule has 0 radical (unpaired) electrons. The topological polar surface area (TPSA) is 111 Å². The van der Waals surface area contributed by atoms with Crippen LogP contribution in [0, 0.1) is 5.82 Å². The maximum absolute atomic E-state index is 13.6. The fourth-order valence-electron chi connectivity index (χ4n) is 4.41. The summed E-state index contributed by atoms with van der Waals surface area (Å²) in [7, 11) is 2.11. The number of nitrogens with zero attached hydrogens (tertiary/aromatic N) is 6. The summed E-state index contributed by atoms with van der Waals surface area (Å²) in [6.07, 6.45) is 4.33. The Hall–Kier alpha value is -3.57. The first-order valence-electron chi connectivity index (χ1n) is 11.8. The van der Waals surface area contributed by atoms with Crippen LogP contribution in [0.15, 0.2) is 36.0 Å². The van der Waals surface area contributed by atoms with Gasteiger partial charge < -0.3 is 25.5 Å². The van der Waals surface area contributed by atoms with Crippen LogP contribution in [-0.2, 0) is 11.2 Å². The highest BCUT2D eigenvalue weighted by molar-refractivity contribution is 6.00. The number of benzene rings is 1. The van der Waals surface area contributed by atoms with E-state index in [4.69, 9.17) is 9.97 Å². The maximum atomic E-state index is 13.6. The van der Waals surface area contributed by atoms with Crippen molar-refractivity contribution in [2.24, 2.45) is 0 Å². The molecule has 4 heterocycles. The minimum absolute atomic E-state index is 0.227. The molecule has 0 saturated carbocycles. The summed E-state index contributed by atoms with van der Waals surface area (Å²) >= 11 is 0. The summed E-state index contributed by atoms with van der Waals surface area (Å²) in [5.41, 5.74) is 2.61. The minimum Gasteiger partial charge on any atom is -0.373 e. The molecule has 1 amide bonds. The summed E-state index contributed by atoms with van der Waals surface area (Å²) in [6, 6.07) is 6.54. The molecule has 2 saturated heterocycles. The van der Waals surface area contributed by atoms with Crippen molar-refractivity contribution < 1.29 is 14.3 Å². The average Bonchev–Trinajstić information content (AvgIpc) is 3.29. The molecule has 184 valence electrons. The summed E-state index contributed by atoms with van der Waals surface area (Å²) < 4.78 is 15.2. The molecule has 35 heavy (non-hydrogen) atoms. The number of aromatic nitrogens is 4. The number of nitrogens with one attached hydrogen (secondary N) is 2. The monoisotopic (exact) mass is 480 g/mol. The third-order valence-electron chi connectivity index (χ3n) is 6.30. The zero-order valence-corrected chi connectivity index (χ0v) is 19.6. The van der Waals surface area contributed by atoms with Crippen molar-refractivity contribution in [3.05, 3.63) is 53.0 Å². The number of carbonyl (C=O) groups excluding carboxylic acids is 1. The Morgan fingerprint density at radius 2 is 2.14 bits per heavy atom.